The molecule has 0 aromatic carbocycles. The molecule has 1 aromatic rings. The van der Waals surface area contributed by atoms with E-state index in [2.05, 4.69) is 69.2 Å². The molecule has 0 aliphatic carbocycles. The van der Waals surface area contributed by atoms with E-state index in [1.165, 1.54) is 11.3 Å². The Balaban J connectivity index is 2.80. The van der Waals surface area contributed by atoms with Crippen LogP contribution < -0.4 is 10.2 Å². The summed E-state index contributed by atoms with van der Waals surface area (Å²) in [5.41, 5.74) is 2.50. The minimum Gasteiger partial charge on any atom is -0.360 e. The Hall–Kier alpha value is -1.13. The zero-order valence-corrected chi connectivity index (χ0v) is 14.6. The lowest BCUT2D eigenvalue weighted by atomic mass is 10.1. The standard InChI is InChI=1S/C17H32N4/c1-7-18-13-15-11-16(14(2)3)19-17(12-15)21(6)10-8-9-20(4)5/h11-12,14,18H,7-10,13H2,1-6H3. The Morgan fingerprint density at radius 3 is 2.43 bits per heavy atom. The first kappa shape index (κ1) is 17.9. The van der Waals surface area contributed by atoms with Gasteiger partial charge in [0.25, 0.3) is 0 Å². The Bertz CT molecular complexity index is 415. The van der Waals surface area contributed by atoms with E-state index < -0.39 is 0 Å². The van der Waals surface area contributed by atoms with E-state index in [-0.39, 0.29) is 0 Å². The molecule has 1 N–H and O–H groups in total. The lowest BCUT2D eigenvalue weighted by molar-refractivity contribution is 0.401. The maximum atomic E-state index is 4.82. The molecular weight excluding hydrogens is 260 g/mol. The molecule has 120 valence electrons. The van der Waals surface area contributed by atoms with Crippen molar-refractivity contribution in [1.29, 1.82) is 0 Å². The lowest BCUT2D eigenvalue weighted by Gasteiger charge is -2.22. The van der Waals surface area contributed by atoms with Crippen LogP contribution in [0.3, 0.4) is 0 Å². The second kappa shape index (κ2) is 9.00. The summed E-state index contributed by atoms with van der Waals surface area (Å²) in [4.78, 5) is 9.32. The first-order valence-electron chi connectivity index (χ1n) is 8.01. The minimum atomic E-state index is 0.459. The number of nitrogens with one attached hydrogen (secondary N) is 1. The predicted octanol–water partition coefficient (Wildman–Crippen LogP) is 2.70. The van der Waals surface area contributed by atoms with E-state index >= 15 is 0 Å². The molecule has 0 radical (unpaired) electrons. The molecule has 0 saturated heterocycles. The average molecular weight is 292 g/mol. The Morgan fingerprint density at radius 1 is 1.14 bits per heavy atom. The van der Waals surface area contributed by atoms with Crippen LogP contribution in [0.1, 0.15) is 44.4 Å². The zero-order valence-electron chi connectivity index (χ0n) is 14.6. The van der Waals surface area contributed by atoms with Crippen molar-refractivity contribution in [3.63, 3.8) is 0 Å². The molecule has 0 fully saturated rings. The van der Waals surface area contributed by atoms with Crippen LogP contribution in [0.2, 0.25) is 0 Å². The van der Waals surface area contributed by atoms with E-state index in [0.29, 0.717) is 5.92 Å². The fourth-order valence-corrected chi connectivity index (χ4v) is 2.20. The van der Waals surface area contributed by atoms with Crippen LogP contribution in [0.15, 0.2) is 12.1 Å². The zero-order chi connectivity index (χ0) is 15.8. The van der Waals surface area contributed by atoms with Gasteiger partial charge in [-0.25, -0.2) is 4.98 Å². The van der Waals surface area contributed by atoms with E-state index in [9.17, 15) is 0 Å². The summed E-state index contributed by atoms with van der Waals surface area (Å²) < 4.78 is 0. The highest BCUT2D eigenvalue weighted by molar-refractivity contribution is 5.42. The largest absolute Gasteiger partial charge is 0.360 e. The summed E-state index contributed by atoms with van der Waals surface area (Å²) in [5, 5.41) is 3.40. The molecule has 1 rings (SSSR count). The maximum Gasteiger partial charge on any atom is 0.128 e. The number of nitrogens with zero attached hydrogens (tertiary/aromatic N) is 3. The molecule has 0 aliphatic heterocycles. The third-order valence-corrected chi connectivity index (χ3v) is 3.55. The topological polar surface area (TPSA) is 31.4 Å². The molecule has 0 amide bonds. The fourth-order valence-electron chi connectivity index (χ4n) is 2.20. The van der Waals surface area contributed by atoms with Crippen molar-refractivity contribution in [3.8, 4) is 0 Å². The normalized spacial score (nSPS) is 11.4. The highest BCUT2D eigenvalue weighted by Gasteiger charge is 2.09. The number of anilines is 1. The Kier molecular flexibility index (Phi) is 7.68. The van der Waals surface area contributed by atoms with Crippen molar-refractivity contribution in [3.05, 3.63) is 23.4 Å². The molecule has 4 nitrogen and oxygen atoms in total. The summed E-state index contributed by atoms with van der Waals surface area (Å²) in [6.07, 6.45) is 1.15. The van der Waals surface area contributed by atoms with Crippen molar-refractivity contribution in [2.24, 2.45) is 0 Å². The molecular formula is C17H32N4. The molecule has 1 heterocycles. The van der Waals surface area contributed by atoms with E-state index in [1.807, 2.05) is 0 Å². The van der Waals surface area contributed by atoms with Crippen molar-refractivity contribution in [1.82, 2.24) is 15.2 Å². The third-order valence-electron chi connectivity index (χ3n) is 3.55. The third kappa shape index (κ3) is 6.44. The monoisotopic (exact) mass is 292 g/mol. The predicted molar refractivity (Wildman–Crippen MR) is 92.1 cm³/mol. The van der Waals surface area contributed by atoms with Crippen molar-refractivity contribution in [2.45, 2.75) is 39.7 Å². The maximum absolute atomic E-state index is 4.82. The van der Waals surface area contributed by atoms with Gasteiger partial charge in [0, 0.05) is 25.8 Å². The van der Waals surface area contributed by atoms with Gasteiger partial charge in [-0.05, 0) is 57.2 Å². The van der Waals surface area contributed by atoms with Crippen LogP contribution in [0.4, 0.5) is 5.82 Å². The second-order valence-corrected chi connectivity index (χ2v) is 6.27. The summed E-state index contributed by atoms with van der Waals surface area (Å²) in [5.74, 6) is 1.55. The molecule has 0 saturated carbocycles. The van der Waals surface area contributed by atoms with E-state index in [0.717, 1.165) is 38.4 Å². The van der Waals surface area contributed by atoms with Crippen LogP contribution in [-0.2, 0) is 6.54 Å². The van der Waals surface area contributed by atoms with Crippen LogP contribution >= 0.6 is 0 Å². The van der Waals surface area contributed by atoms with Crippen LogP contribution in [0, 0.1) is 0 Å². The molecule has 0 bridgehead atoms. The van der Waals surface area contributed by atoms with E-state index in [1.54, 1.807) is 0 Å². The summed E-state index contributed by atoms with van der Waals surface area (Å²) >= 11 is 0. The smallest absolute Gasteiger partial charge is 0.128 e. The quantitative estimate of drug-likeness (QED) is 0.758. The van der Waals surface area contributed by atoms with Gasteiger partial charge < -0.3 is 15.1 Å². The van der Waals surface area contributed by atoms with E-state index in [4.69, 9.17) is 4.98 Å². The molecule has 0 atom stereocenters. The Labute approximate surface area is 130 Å². The van der Waals surface area contributed by atoms with Crippen LogP contribution in [0.25, 0.3) is 0 Å². The van der Waals surface area contributed by atoms with Crippen molar-refractivity contribution in [2.75, 3.05) is 45.7 Å². The molecule has 4 heteroatoms. The van der Waals surface area contributed by atoms with Gasteiger partial charge in [-0.3, -0.25) is 0 Å². The fraction of sp³-hybridized carbons (Fsp3) is 0.706. The number of rotatable bonds is 9. The molecule has 1 aromatic heterocycles. The van der Waals surface area contributed by atoms with Crippen molar-refractivity contribution >= 4 is 5.82 Å². The van der Waals surface area contributed by atoms with Gasteiger partial charge in [-0.15, -0.1) is 0 Å². The van der Waals surface area contributed by atoms with Crippen LogP contribution in [-0.4, -0.2) is 50.7 Å². The minimum absolute atomic E-state index is 0.459. The van der Waals surface area contributed by atoms with Gasteiger partial charge in [-0.1, -0.05) is 20.8 Å². The molecule has 0 unspecified atom stereocenters. The van der Waals surface area contributed by atoms with Gasteiger partial charge >= 0.3 is 0 Å². The number of pyridine rings is 1. The summed E-state index contributed by atoms with van der Waals surface area (Å²) in [6, 6.07) is 4.44. The van der Waals surface area contributed by atoms with Gasteiger partial charge in [0.1, 0.15) is 5.82 Å². The number of aromatic nitrogens is 1. The van der Waals surface area contributed by atoms with Gasteiger partial charge in [-0.2, -0.15) is 0 Å². The van der Waals surface area contributed by atoms with Gasteiger partial charge in [0.2, 0.25) is 0 Å². The van der Waals surface area contributed by atoms with Crippen LogP contribution in [0.5, 0.6) is 0 Å². The number of hydrogen-bond donors (Lipinski definition) is 1. The summed E-state index contributed by atoms with van der Waals surface area (Å²) in [6.45, 7) is 10.6. The SMILES string of the molecule is CCNCc1cc(C(C)C)nc(N(C)CCCN(C)C)c1. The number of hydrogen-bond acceptors (Lipinski definition) is 4. The highest BCUT2D eigenvalue weighted by atomic mass is 15.2. The highest BCUT2D eigenvalue weighted by Crippen LogP contribution is 2.20. The van der Waals surface area contributed by atoms with Gasteiger partial charge in [0.15, 0.2) is 0 Å². The molecule has 21 heavy (non-hydrogen) atoms. The lowest BCUT2D eigenvalue weighted by Crippen LogP contribution is -2.24. The second-order valence-electron chi connectivity index (χ2n) is 6.27. The molecule has 0 aliphatic rings. The molecule has 0 spiro atoms. The average Bonchev–Trinajstić information content (AvgIpc) is 2.44. The van der Waals surface area contributed by atoms with Gasteiger partial charge in [0.05, 0.1) is 0 Å². The van der Waals surface area contributed by atoms with Crippen molar-refractivity contribution < 1.29 is 0 Å². The Morgan fingerprint density at radius 2 is 1.86 bits per heavy atom. The summed E-state index contributed by atoms with van der Waals surface area (Å²) in [7, 11) is 6.37. The first-order chi connectivity index (χ1) is 9.93. The first-order valence-corrected chi connectivity index (χ1v) is 8.01.